The van der Waals surface area contributed by atoms with Crippen molar-refractivity contribution in [2.45, 2.75) is 0 Å². The lowest BCUT2D eigenvalue weighted by atomic mass is 10.3. The summed E-state index contributed by atoms with van der Waals surface area (Å²) in [5, 5.41) is 9.40. The molecule has 116 valence electrons. The van der Waals surface area contributed by atoms with Gasteiger partial charge >= 0.3 is 0 Å². The molecule has 1 N–H and O–H groups in total. The van der Waals surface area contributed by atoms with E-state index in [-0.39, 0.29) is 0 Å². The largest absolute Gasteiger partial charge is 0.264 e. The minimum atomic E-state index is 0.599. The van der Waals surface area contributed by atoms with Crippen molar-refractivity contribution in [3.8, 4) is 5.69 Å². The third-order valence-corrected chi connectivity index (χ3v) is 3.44. The molecule has 3 heterocycles. The van der Waals surface area contributed by atoms with Gasteiger partial charge in [-0.25, -0.2) is 14.6 Å². The van der Waals surface area contributed by atoms with Crippen LogP contribution >= 0.6 is 0 Å². The van der Waals surface area contributed by atoms with Crippen molar-refractivity contribution in [3.05, 3.63) is 72.9 Å². The Hall–Kier alpha value is -3.61. The van der Waals surface area contributed by atoms with Gasteiger partial charge < -0.3 is 0 Å². The zero-order chi connectivity index (χ0) is 16.2. The topological polar surface area (TPSA) is 80.9 Å². The van der Waals surface area contributed by atoms with Crippen molar-refractivity contribution in [2.24, 2.45) is 5.10 Å². The standard InChI is InChI=1S/C17H13N7/c1-2-6-14(7-3-1)24-17-15(11-22-24)16(19-12-20-17)23-21-10-13-5-4-8-18-9-13/h1-12H,(H,19,20,23). The Labute approximate surface area is 137 Å². The second-order valence-electron chi connectivity index (χ2n) is 5.01. The Morgan fingerprint density at radius 3 is 2.75 bits per heavy atom. The number of hydrazone groups is 1. The summed E-state index contributed by atoms with van der Waals surface area (Å²) in [7, 11) is 0. The van der Waals surface area contributed by atoms with Crippen LogP contribution in [0.2, 0.25) is 0 Å². The number of para-hydroxylation sites is 1. The molecular weight excluding hydrogens is 302 g/mol. The molecule has 0 saturated heterocycles. The first kappa shape index (κ1) is 14.0. The summed E-state index contributed by atoms with van der Waals surface area (Å²) >= 11 is 0. The molecule has 0 amide bonds. The fourth-order valence-corrected chi connectivity index (χ4v) is 2.31. The maximum Gasteiger partial charge on any atom is 0.168 e. The van der Waals surface area contributed by atoms with Crippen molar-refractivity contribution in [2.75, 3.05) is 5.43 Å². The molecule has 0 atom stereocenters. The number of anilines is 1. The second-order valence-corrected chi connectivity index (χ2v) is 5.01. The van der Waals surface area contributed by atoms with Gasteiger partial charge in [-0.05, 0) is 18.2 Å². The van der Waals surface area contributed by atoms with Crippen LogP contribution in [-0.2, 0) is 0 Å². The SMILES string of the molecule is C(=NNc1ncnc2c1cnn2-c1ccccc1)c1cccnc1. The first-order valence-corrected chi connectivity index (χ1v) is 7.35. The molecule has 0 spiro atoms. The van der Waals surface area contributed by atoms with Crippen molar-refractivity contribution in [1.29, 1.82) is 0 Å². The number of fused-ring (bicyclic) bond motifs is 1. The molecule has 0 saturated carbocycles. The zero-order valence-electron chi connectivity index (χ0n) is 12.6. The summed E-state index contributed by atoms with van der Waals surface area (Å²) in [6.07, 6.45) is 8.35. The summed E-state index contributed by atoms with van der Waals surface area (Å²) < 4.78 is 1.77. The van der Waals surface area contributed by atoms with Crippen LogP contribution in [0.15, 0.2) is 72.5 Å². The molecule has 0 fully saturated rings. The van der Waals surface area contributed by atoms with Crippen LogP contribution in [0, 0.1) is 0 Å². The highest BCUT2D eigenvalue weighted by Gasteiger charge is 2.10. The summed E-state index contributed by atoms with van der Waals surface area (Å²) in [4.78, 5) is 12.6. The molecule has 0 radical (unpaired) electrons. The van der Waals surface area contributed by atoms with E-state index >= 15 is 0 Å². The summed E-state index contributed by atoms with van der Waals surface area (Å²) in [6, 6.07) is 13.6. The van der Waals surface area contributed by atoms with Crippen molar-refractivity contribution >= 4 is 23.1 Å². The molecule has 4 aromatic rings. The number of benzene rings is 1. The van der Waals surface area contributed by atoms with Gasteiger partial charge in [0.05, 0.1) is 23.5 Å². The summed E-state index contributed by atoms with van der Waals surface area (Å²) in [5.41, 5.74) is 5.50. The van der Waals surface area contributed by atoms with Crippen LogP contribution in [0.3, 0.4) is 0 Å². The Balaban J connectivity index is 1.65. The molecule has 0 aliphatic rings. The van der Waals surface area contributed by atoms with Gasteiger partial charge in [0.25, 0.3) is 0 Å². The Morgan fingerprint density at radius 1 is 1.00 bits per heavy atom. The van der Waals surface area contributed by atoms with Crippen LogP contribution in [-0.4, -0.2) is 30.9 Å². The number of hydrogen-bond acceptors (Lipinski definition) is 6. The predicted molar refractivity (Wildman–Crippen MR) is 92.1 cm³/mol. The van der Waals surface area contributed by atoms with E-state index in [0.29, 0.717) is 5.82 Å². The quantitative estimate of drug-likeness (QED) is 0.462. The maximum atomic E-state index is 4.40. The summed E-state index contributed by atoms with van der Waals surface area (Å²) in [5.74, 6) is 0.599. The molecule has 0 aliphatic carbocycles. The van der Waals surface area contributed by atoms with Gasteiger partial charge in [-0.1, -0.05) is 24.3 Å². The smallest absolute Gasteiger partial charge is 0.168 e. The van der Waals surface area contributed by atoms with Crippen LogP contribution in [0.5, 0.6) is 0 Å². The van der Waals surface area contributed by atoms with Gasteiger partial charge in [0.1, 0.15) is 6.33 Å². The number of aromatic nitrogens is 5. The van der Waals surface area contributed by atoms with Crippen LogP contribution < -0.4 is 5.43 Å². The monoisotopic (exact) mass is 315 g/mol. The van der Waals surface area contributed by atoms with E-state index in [1.165, 1.54) is 6.33 Å². The average molecular weight is 315 g/mol. The zero-order valence-corrected chi connectivity index (χ0v) is 12.6. The first-order valence-electron chi connectivity index (χ1n) is 7.35. The van der Waals surface area contributed by atoms with Gasteiger partial charge in [-0.15, -0.1) is 0 Å². The third-order valence-electron chi connectivity index (χ3n) is 3.44. The van der Waals surface area contributed by atoms with Crippen LogP contribution in [0.4, 0.5) is 5.82 Å². The molecule has 1 aromatic carbocycles. The van der Waals surface area contributed by atoms with Gasteiger partial charge in [0.15, 0.2) is 11.5 Å². The lowest BCUT2D eigenvalue weighted by Gasteiger charge is -2.03. The highest BCUT2D eigenvalue weighted by Crippen LogP contribution is 2.21. The van der Waals surface area contributed by atoms with E-state index in [4.69, 9.17) is 0 Å². The van der Waals surface area contributed by atoms with Crippen LogP contribution in [0.1, 0.15) is 5.56 Å². The lowest BCUT2D eigenvalue weighted by Crippen LogP contribution is -1.99. The van der Waals surface area contributed by atoms with Crippen LogP contribution in [0.25, 0.3) is 16.7 Å². The van der Waals surface area contributed by atoms with E-state index in [0.717, 1.165) is 22.3 Å². The highest BCUT2D eigenvalue weighted by atomic mass is 15.3. The molecule has 0 bridgehead atoms. The number of nitrogens with zero attached hydrogens (tertiary/aromatic N) is 6. The molecule has 3 aromatic heterocycles. The third kappa shape index (κ3) is 2.70. The Bertz CT molecular complexity index is 978. The minimum Gasteiger partial charge on any atom is -0.264 e. The highest BCUT2D eigenvalue weighted by molar-refractivity contribution is 5.88. The van der Waals surface area contributed by atoms with Gasteiger partial charge in [-0.2, -0.15) is 10.2 Å². The fraction of sp³-hybridized carbons (Fsp3) is 0. The lowest BCUT2D eigenvalue weighted by molar-refractivity contribution is 0.895. The van der Waals surface area contributed by atoms with E-state index in [1.807, 2.05) is 42.5 Å². The molecule has 7 nitrogen and oxygen atoms in total. The molecule has 4 rings (SSSR count). The Morgan fingerprint density at radius 2 is 1.92 bits per heavy atom. The van der Waals surface area contributed by atoms with E-state index in [1.54, 1.807) is 29.5 Å². The fourth-order valence-electron chi connectivity index (χ4n) is 2.31. The van der Waals surface area contributed by atoms with Gasteiger partial charge in [0.2, 0.25) is 0 Å². The molecule has 7 heteroatoms. The maximum absolute atomic E-state index is 4.40. The van der Waals surface area contributed by atoms with E-state index in [2.05, 4.69) is 30.6 Å². The molecule has 24 heavy (non-hydrogen) atoms. The number of hydrogen-bond donors (Lipinski definition) is 1. The number of pyridine rings is 1. The second kappa shape index (κ2) is 6.25. The Kier molecular flexibility index (Phi) is 3.65. The minimum absolute atomic E-state index is 0.599. The van der Waals surface area contributed by atoms with Crippen molar-refractivity contribution in [3.63, 3.8) is 0 Å². The van der Waals surface area contributed by atoms with E-state index in [9.17, 15) is 0 Å². The van der Waals surface area contributed by atoms with Gasteiger partial charge in [-0.3, -0.25) is 10.4 Å². The van der Waals surface area contributed by atoms with Gasteiger partial charge in [0, 0.05) is 18.0 Å². The predicted octanol–water partition coefficient (Wildman–Crippen LogP) is 2.66. The summed E-state index contributed by atoms with van der Waals surface area (Å²) in [6.45, 7) is 0. The molecule has 0 unspecified atom stereocenters. The molecule has 0 aliphatic heterocycles. The number of rotatable bonds is 4. The normalized spacial score (nSPS) is 11.2. The van der Waals surface area contributed by atoms with Crippen molar-refractivity contribution in [1.82, 2.24) is 24.7 Å². The van der Waals surface area contributed by atoms with Crippen molar-refractivity contribution < 1.29 is 0 Å². The molecular formula is C17H13N7. The average Bonchev–Trinajstić information content (AvgIpc) is 3.08. The number of nitrogens with one attached hydrogen (secondary N) is 1. The first-order chi connectivity index (χ1) is 11.9. The van der Waals surface area contributed by atoms with E-state index < -0.39 is 0 Å².